The van der Waals surface area contributed by atoms with Crippen molar-refractivity contribution in [3.05, 3.63) is 53.6 Å². The highest BCUT2D eigenvalue weighted by Crippen LogP contribution is 2.35. The largest absolute Gasteiger partial charge is 0.508 e. The molecule has 1 aliphatic heterocycles. The van der Waals surface area contributed by atoms with Gasteiger partial charge >= 0.3 is 6.03 Å². The van der Waals surface area contributed by atoms with E-state index in [0.29, 0.717) is 0 Å². The average molecular weight is 307 g/mol. The zero-order chi connectivity index (χ0) is 15.9. The molecule has 3 rings (SSSR count). The summed E-state index contributed by atoms with van der Waals surface area (Å²) < 4.78 is 27.3. The van der Waals surface area contributed by atoms with E-state index >= 15 is 0 Å². The predicted octanol–water partition coefficient (Wildman–Crippen LogP) is 2.11. The first kappa shape index (κ1) is 14.1. The second-order valence-electron chi connectivity index (χ2n) is 4.66. The lowest BCUT2D eigenvalue weighted by Crippen LogP contribution is -2.30. The molecule has 8 heteroatoms. The van der Waals surface area contributed by atoms with Gasteiger partial charge < -0.3 is 10.2 Å². The molecule has 0 bridgehead atoms. The number of anilines is 1. The Morgan fingerprint density at radius 2 is 1.91 bits per heavy atom. The normalized spacial score (nSPS) is 17.6. The molecule has 2 aromatic carbocycles. The van der Waals surface area contributed by atoms with Crippen LogP contribution < -0.4 is 15.8 Å². The molecule has 22 heavy (non-hydrogen) atoms. The lowest BCUT2D eigenvalue weighted by atomic mass is 10.1. The quantitative estimate of drug-likeness (QED) is 0.684. The number of phenolic OH excluding ortho intramolecular Hbond substituents is 2. The molecule has 0 saturated carbocycles. The maximum atomic E-state index is 14.0. The highest BCUT2D eigenvalue weighted by atomic mass is 19.2. The van der Waals surface area contributed by atoms with Gasteiger partial charge in [-0.25, -0.2) is 19.0 Å². The molecule has 2 amide bonds. The SMILES string of the molecule is O=C1NNC(c2ccc(O)cc2O)N1c1cccc(F)c1F. The van der Waals surface area contributed by atoms with Gasteiger partial charge in [-0.2, -0.15) is 0 Å². The number of rotatable bonds is 2. The zero-order valence-corrected chi connectivity index (χ0v) is 11.0. The summed E-state index contributed by atoms with van der Waals surface area (Å²) in [6, 6.07) is 6.50. The van der Waals surface area contributed by atoms with Gasteiger partial charge in [0.2, 0.25) is 0 Å². The van der Waals surface area contributed by atoms with Crippen LogP contribution in [-0.4, -0.2) is 16.2 Å². The fourth-order valence-electron chi connectivity index (χ4n) is 2.28. The van der Waals surface area contributed by atoms with E-state index in [0.717, 1.165) is 17.0 Å². The summed E-state index contributed by atoms with van der Waals surface area (Å²) in [5.74, 6) is -2.73. The minimum Gasteiger partial charge on any atom is -0.508 e. The van der Waals surface area contributed by atoms with Crippen LogP contribution >= 0.6 is 0 Å². The van der Waals surface area contributed by atoms with E-state index in [1.807, 2.05) is 0 Å². The second kappa shape index (κ2) is 5.15. The summed E-state index contributed by atoms with van der Waals surface area (Å²) in [5, 5.41) is 19.2. The van der Waals surface area contributed by atoms with Crippen LogP contribution in [0.25, 0.3) is 0 Å². The average Bonchev–Trinajstić information content (AvgIpc) is 2.84. The first-order valence-corrected chi connectivity index (χ1v) is 6.29. The number of carbonyl (C=O) groups is 1. The van der Waals surface area contributed by atoms with Gasteiger partial charge in [-0.15, -0.1) is 0 Å². The van der Waals surface area contributed by atoms with E-state index in [2.05, 4.69) is 10.9 Å². The Balaban J connectivity index is 2.08. The minimum atomic E-state index is -1.18. The maximum absolute atomic E-state index is 14.0. The van der Waals surface area contributed by atoms with Crippen LogP contribution in [0.2, 0.25) is 0 Å². The van der Waals surface area contributed by atoms with E-state index in [1.54, 1.807) is 0 Å². The third-order valence-electron chi connectivity index (χ3n) is 3.29. The van der Waals surface area contributed by atoms with Gasteiger partial charge in [-0.3, -0.25) is 10.3 Å². The molecule has 0 radical (unpaired) electrons. The molecule has 1 fully saturated rings. The Hall–Kier alpha value is -2.87. The highest BCUT2D eigenvalue weighted by molar-refractivity contribution is 5.94. The van der Waals surface area contributed by atoms with E-state index in [-0.39, 0.29) is 22.7 Å². The van der Waals surface area contributed by atoms with Crippen LogP contribution in [0.1, 0.15) is 11.7 Å². The number of nitrogens with zero attached hydrogens (tertiary/aromatic N) is 1. The number of hydrazine groups is 1. The Kier molecular flexibility index (Phi) is 3.30. The van der Waals surface area contributed by atoms with Gasteiger partial charge in [0.1, 0.15) is 17.7 Å². The number of amides is 2. The van der Waals surface area contributed by atoms with Crippen molar-refractivity contribution in [3.8, 4) is 11.5 Å². The molecule has 0 aliphatic carbocycles. The number of halogens is 2. The van der Waals surface area contributed by atoms with Crippen molar-refractivity contribution >= 4 is 11.7 Å². The molecule has 4 N–H and O–H groups in total. The Morgan fingerprint density at radius 1 is 1.14 bits per heavy atom. The number of benzene rings is 2. The van der Waals surface area contributed by atoms with Gasteiger partial charge in [0.05, 0.1) is 5.69 Å². The molecule has 1 saturated heterocycles. The minimum absolute atomic E-state index is 0.165. The Morgan fingerprint density at radius 3 is 2.64 bits per heavy atom. The van der Waals surface area contributed by atoms with Crippen LogP contribution in [0.4, 0.5) is 19.3 Å². The number of nitrogens with one attached hydrogen (secondary N) is 2. The first-order valence-electron chi connectivity index (χ1n) is 6.29. The Bertz CT molecular complexity index is 754. The third-order valence-corrected chi connectivity index (χ3v) is 3.29. The van der Waals surface area contributed by atoms with Gasteiger partial charge in [0.15, 0.2) is 11.6 Å². The van der Waals surface area contributed by atoms with Crippen molar-refractivity contribution in [1.82, 2.24) is 10.9 Å². The lowest BCUT2D eigenvalue weighted by molar-refractivity contribution is 0.250. The topological polar surface area (TPSA) is 84.8 Å². The van der Waals surface area contributed by atoms with Crippen molar-refractivity contribution in [3.63, 3.8) is 0 Å². The van der Waals surface area contributed by atoms with E-state index in [1.165, 1.54) is 24.3 Å². The molecule has 1 heterocycles. The van der Waals surface area contributed by atoms with E-state index < -0.39 is 23.8 Å². The van der Waals surface area contributed by atoms with Crippen molar-refractivity contribution in [1.29, 1.82) is 0 Å². The molecule has 114 valence electrons. The molecule has 1 aliphatic rings. The highest BCUT2D eigenvalue weighted by Gasteiger charge is 2.36. The van der Waals surface area contributed by atoms with Crippen molar-refractivity contribution in [2.45, 2.75) is 6.17 Å². The summed E-state index contributed by atoms with van der Waals surface area (Å²) in [6.45, 7) is 0. The third kappa shape index (κ3) is 2.19. The summed E-state index contributed by atoms with van der Waals surface area (Å²) >= 11 is 0. The van der Waals surface area contributed by atoms with Crippen LogP contribution in [0.5, 0.6) is 11.5 Å². The first-order chi connectivity index (χ1) is 10.5. The van der Waals surface area contributed by atoms with Gasteiger partial charge in [0.25, 0.3) is 0 Å². The van der Waals surface area contributed by atoms with Crippen molar-refractivity contribution in [2.24, 2.45) is 0 Å². The molecule has 0 spiro atoms. The number of urea groups is 1. The number of hydrogen-bond donors (Lipinski definition) is 4. The predicted molar refractivity (Wildman–Crippen MR) is 73.0 cm³/mol. The maximum Gasteiger partial charge on any atom is 0.338 e. The van der Waals surface area contributed by atoms with Crippen molar-refractivity contribution < 1.29 is 23.8 Å². The van der Waals surface area contributed by atoms with Crippen LogP contribution in [0.15, 0.2) is 36.4 Å². The van der Waals surface area contributed by atoms with E-state index in [9.17, 15) is 23.8 Å². The summed E-state index contributed by atoms with van der Waals surface area (Å²) in [4.78, 5) is 12.9. The fraction of sp³-hybridized carbons (Fsp3) is 0.0714. The van der Waals surface area contributed by atoms with Crippen LogP contribution in [0.3, 0.4) is 0 Å². The molecule has 0 aromatic heterocycles. The standard InChI is InChI=1S/C14H11F2N3O3/c15-9-2-1-3-10(12(9)16)19-13(17-18-14(19)22)8-5-4-7(20)6-11(8)21/h1-6,13,17,20-21H,(H,18,22). The molecule has 1 atom stereocenters. The molecule has 1 unspecified atom stereocenters. The molecular weight excluding hydrogens is 296 g/mol. The molecule has 6 nitrogen and oxygen atoms in total. The number of phenols is 2. The summed E-state index contributed by atoms with van der Waals surface area (Å²) in [6.07, 6.45) is -0.968. The fourth-order valence-corrected chi connectivity index (χ4v) is 2.28. The molecule has 2 aromatic rings. The van der Waals surface area contributed by atoms with Gasteiger partial charge in [-0.1, -0.05) is 6.07 Å². The van der Waals surface area contributed by atoms with Gasteiger partial charge in [0, 0.05) is 11.6 Å². The number of hydrogen-bond acceptors (Lipinski definition) is 4. The number of aromatic hydroxyl groups is 2. The zero-order valence-electron chi connectivity index (χ0n) is 11.0. The van der Waals surface area contributed by atoms with Crippen LogP contribution in [-0.2, 0) is 0 Å². The van der Waals surface area contributed by atoms with E-state index in [4.69, 9.17) is 0 Å². The monoisotopic (exact) mass is 307 g/mol. The smallest absolute Gasteiger partial charge is 0.338 e. The second-order valence-corrected chi connectivity index (χ2v) is 4.66. The summed E-state index contributed by atoms with van der Waals surface area (Å²) in [7, 11) is 0. The molecular formula is C14H11F2N3O3. The summed E-state index contributed by atoms with van der Waals surface area (Å²) in [5.41, 5.74) is 4.78. The van der Waals surface area contributed by atoms with Crippen LogP contribution in [0, 0.1) is 11.6 Å². The number of carbonyl (C=O) groups excluding carboxylic acids is 1. The lowest BCUT2D eigenvalue weighted by Gasteiger charge is -2.24. The van der Waals surface area contributed by atoms with Gasteiger partial charge in [-0.05, 0) is 24.3 Å². The Labute approximate surface area is 123 Å². The van der Waals surface area contributed by atoms with Crippen molar-refractivity contribution in [2.75, 3.05) is 4.90 Å².